The average molecular weight is 495 g/mol. The third kappa shape index (κ3) is 4.83. The van der Waals surface area contributed by atoms with Crippen LogP contribution >= 0.6 is 11.3 Å². The van der Waals surface area contributed by atoms with Crippen LogP contribution in [0, 0.1) is 11.3 Å². The summed E-state index contributed by atoms with van der Waals surface area (Å²) in [4.78, 5) is 21.2. The van der Waals surface area contributed by atoms with Crippen molar-refractivity contribution in [3.8, 4) is 17.0 Å². The van der Waals surface area contributed by atoms with Gasteiger partial charge in [0.2, 0.25) is 5.13 Å². The van der Waals surface area contributed by atoms with Crippen molar-refractivity contribution in [3.63, 3.8) is 0 Å². The molecule has 2 aromatic heterocycles. The molecule has 10 nitrogen and oxygen atoms in total. The number of thiazole rings is 1. The van der Waals surface area contributed by atoms with Gasteiger partial charge in [-0.15, -0.1) is 0 Å². The molecule has 172 valence electrons. The fourth-order valence-electron chi connectivity index (χ4n) is 3.06. The molecule has 3 aromatic rings. The van der Waals surface area contributed by atoms with Gasteiger partial charge >= 0.3 is 6.61 Å². The molecule has 1 saturated carbocycles. The van der Waals surface area contributed by atoms with E-state index >= 15 is 0 Å². The molecular formula is C19H16F2N6O4S2. The number of nitriles is 1. The molecule has 1 amide bonds. The minimum atomic E-state index is -3.76. The number of alkyl halides is 2. The summed E-state index contributed by atoms with van der Waals surface area (Å²) in [6.07, 6.45) is 3.58. The van der Waals surface area contributed by atoms with E-state index in [1.165, 1.54) is 17.2 Å². The summed E-state index contributed by atoms with van der Waals surface area (Å²) in [5.74, 6) is -0.853. The number of sulfone groups is 1. The number of aromatic nitrogens is 4. The molecule has 0 unspecified atom stereocenters. The van der Waals surface area contributed by atoms with Crippen LogP contribution in [0.3, 0.4) is 0 Å². The van der Waals surface area contributed by atoms with Gasteiger partial charge in [0.15, 0.2) is 15.7 Å². The van der Waals surface area contributed by atoms with Crippen LogP contribution in [-0.4, -0.2) is 45.9 Å². The third-order valence-corrected chi connectivity index (χ3v) is 7.87. The topological polar surface area (TPSA) is 140 Å². The average Bonchev–Trinajstić information content (AvgIpc) is 3.33. The number of nitrogens with zero attached hydrogens (tertiary/aromatic N) is 5. The van der Waals surface area contributed by atoms with Crippen molar-refractivity contribution in [3.05, 3.63) is 47.0 Å². The number of benzene rings is 1. The molecule has 0 aliphatic heterocycles. The Bertz CT molecular complexity index is 1340. The number of amides is 1. The monoisotopic (exact) mass is 494 g/mol. The molecule has 1 aromatic carbocycles. The summed E-state index contributed by atoms with van der Waals surface area (Å²) in [7, 11) is -3.76. The fourth-order valence-corrected chi connectivity index (χ4v) is 5.45. The van der Waals surface area contributed by atoms with Crippen molar-refractivity contribution < 1.29 is 26.7 Å². The Kier molecular flexibility index (Phi) is 6.09. The Hall–Kier alpha value is -3.44. The van der Waals surface area contributed by atoms with Gasteiger partial charge in [-0.1, -0.05) is 11.3 Å². The number of rotatable bonds is 8. The summed E-state index contributed by atoms with van der Waals surface area (Å²) >= 11 is 1.08. The molecule has 1 N–H and O–H groups in total. The Morgan fingerprint density at radius 2 is 2.09 bits per heavy atom. The van der Waals surface area contributed by atoms with Gasteiger partial charge in [0.05, 0.1) is 22.4 Å². The highest BCUT2D eigenvalue weighted by atomic mass is 32.2. The molecule has 14 heteroatoms. The summed E-state index contributed by atoms with van der Waals surface area (Å²) in [6.45, 7) is -1.58. The van der Waals surface area contributed by atoms with Gasteiger partial charge < -0.3 is 10.1 Å². The minimum absolute atomic E-state index is 0.161. The van der Waals surface area contributed by atoms with Crippen molar-refractivity contribution >= 4 is 27.1 Å². The fraction of sp³-hybridized carbons (Fsp3) is 0.316. The van der Waals surface area contributed by atoms with Crippen LogP contribution < -0.4 is 10.1 Å². The summed E-state index contributed by atoms with van der Waals surface area (Å²) < 4.78 is 56.5. The number of nitrogens with one attached hydrogen (secondary N) is 1. The number of carbonyl (C=O) groups excluding carboxylic acids is 1. The Morgan fingerprint density at radius 1 is 1.33 bits per heavy atom. The minimum Gasteiger partial charge on any atom is -0.435 e. The molecule has 0 radical (unpaired) electrons. The normalized spacial score (nSPS) is 14.6. The quantitative estimate of drug-likeness (QED) is 0.504. The van der Waals surface area contributed by atoms with E-state index in [2.05, 4.69) is 25.1 Å². The van der Waals surface area contributed by atoms with Crippen LogP contribution in [-0.2, 0) is 9.84 Å². The highest BCUT2D eigenvalue weighted by Crippen LogP contribution is 2.35. The van der Waals surface area contributed by atoms with E-state index in [9.17, 15) is 22.0 Å². The van der Waals surface area contributed by atoms with Gasteiger partial charge in [0.1, 0.15) is 23.0 Å². The van der Waals surface area contributed by atoms with Gasteiger partial charge in [-0.3, -0.25) is 4.79 Å². The van der Waals surface area contributed by atoms with Crippen LogP contribution in [0.15, 0.2) is 35.6 Å². The van der Waals surface area contributed by atoms with Gasteiger partial charge in [0.25, 0.3) is 5.91 Å². The largest absolute Gasteiger partial charge is 0.435 e. The zero-order valence-corrected chi connectivity index (χ0v) is 18.6. The van der Waals surface area contributed by atoms with E-state index in [4.69, 9.17) is 5.26 Å². The molecule has 1 aliphatic rings. The lowest BCUT2D eigenvalue weighted by atomic mass is 10.2. The summed E-state index contributed by atoms with van der Waals surface area (Å²) in [6, 6.07) is 4.42. The first-order valence-corrected chi connectivity index (χ1v) is 12.0. The molecule has 2 heterocycles. The molecule has 33 heavy (non-hydrogen) atoms. The summed E-state index contributed by atoms with van der Waals surface area (Å²) in [5, 5.41) is 15.5. The number of hydrogen-bond acceptors (Lipinski definition) is 9. The number of hydrogen-bond donors (Lipinski definition) is 1. The van der Waals surface area contributed by atoms with Gasteiger partial charge in [0, 0.05) is 5.56 Å². The SMILES string of the molecule is C[C@H](NC(=O)c1cc(OC(F)F)cc(S(=O)(=O)C2CC2)c1)c1ncnn1-c1ncc(C#N)s1. The molecule has 1 aliphatic carbocycles. The van der Waals surface area contributed by atoms with E-state index in [-0.39, 0.29) is 10.5 Å². The van der Waals surface area contributed by atoms with Gasteiger partial charge in [-0.25, -0.2) is 18.4 Å². The van der Waals surface area contributed by atoms with Crippen molar-refractivity contribution in [1.82, 2.24) is 25.1 Å². The molecule has 0 spiro atoms. The molecule has 1 atom stereocenters. The van der Waals surface area contributed by atoms with E-state index in [1.807, 2.05) is 6.07 Å². The van der Waals surface area contributed by atoms with E-state index in [0.717, 1.165) is 29.5 Å². The maximum atomic E-state index is 12.9. The standard InChI is InChI=1S/C19H16F2N6O4S2/c1-10(16-24-9-25-27(16)19-23-8-13(7-22)32-19)26-17(28)11-4-12(31-18(20)21)6-15(5-11)33(29,30)14-2-3-14/h4-6,8-10,14,18H,2-3H2,1H3,(H,26,28)/t10-/m0/s1. The maximum absolute atomic E-state index is 12.9. The van der Waals surface area contributed by atoms with E-state index in [0.29, 0.717) is 28.7 Å². The first kappa shape index (κ1) is 22.7. The van der Waals surface area contributed by atoms with Crippen molar-refractivity contribution in [2.75, 3.05) is 0 Å². The van der Waals surface area contributed by atoms with E-state index in [1.54, 1.807) is 6.92 Å². The highest BCUT2D eigenvalue weighted by molar-refractivity contribution is 7.92. The molecule has 4 rings (SSSR count). The lowest BCUT2D eigenvalue weighted by Crippen LogP contribution is -2.29. The van der Waals surface area contributed by atoms with Crippen LogP contribution in [0.1, 0.15) is 46.9 Å². The zero-order chi connectivity index (χ0) is 23.8. The Morgan fingerprint density at radius 3 is 2.73 bits per heavy atom. The van der Waals surface area contributed by atoms with E-state index < -0.39 is 39.4 Å². The van der Waals surface area contributed by atoms with Crippen molar-refractivity contribution in [2.45, 2.75) is 42.6 Å². The molecule has 1 fully saturated rings. The second-order valence-electron chi connectivity index (χ2n) is 7.16. The second kappa shape index (κ2) is 8.83. The predicted octanol–water partition coefficient (Wildman–Crippen LogP) is 2.62. The van der Waals surface area contributed by atoms with Crippen LogP contribution in [0.5, 0.6) is 5.75 Å². The lowest BCUT2D eigenvalue weighted by Gasteiger charge is -2.15. The number of carbonyl (C=O) groups is 1. The van der Waals surface area contributed by atoms with Crippen molar-refractivity contribution in [1.29, 1.82) is 5.26 Å². The highest BCUT2D eigenvalue weighted by Gasteiger charge is 2.37. The molecular weight excluding hydrogens is 478 g/mol. The lowest BCUT2D eigenvalue weighted by molar-refractivity contribution is -0.0500. The predicted molar refractivity (Wildman–Crippen MR) is 111 cm³/mol. The zero-order valence-electron chi connectivity index (χ0n) is 17.0. The van der Waals surface area contributed by atoms with Crippen LogP contribution in [0.2, 0.25) is 0 Å². The third-order valence-electron chi connectivity index (χ3n) is 4.75. The molecule has 0 saturated heterocycles. The first-order chi connectivity index (χ1) is 15.7. The smallest absolute Gasteiger partial charge is 0.387 e. The second-order valence-corrected chi connectivity index (χ2v) is 10.4. The molecule has 0 bridgehead atoms. The van der Waals surface area contributed by atoms with Gasteiger partial charge in [-0.05, 0) is 38.0 Å². The van der Waals surface area contributed by atoms with Crippen LogP contribution in [0.25, 0.3) is 5.13 Å². The van der Waals surface area contributed by atoms with Gasteiger partial charge in [-0.2, -0.15) is 23.8 Å². The van der Waals surface area contributed by atoms with Crippen molar-refractivity contribution in [2.24, 2.45) is 0 Å². The Balaban J connectivity index is 1.61. The first-order valence-electron chi connectivity index (χ1n) is 9.60. The Labute approximate surface area is 190 Å². The summed E-state index contributed by atoms with van der Waals surface area (Å²) in [5.41, 5.74) is -0.161. The number of ether oxygens (including phenoxy) is 1. The number of halogens is 2. The maximum Gasteiger partial charge on any atom is 0.387 e. The van der Waals surface area contributed by atoms with Crippen LogP contribution in [0.4, 0.5) is 8.78 Å².